The van der Waals surface area contributed by atoms with Gasteiger partial charge in [0.25, 0.3) is 0 Å². The van der Waals surface area contributed by atoms with Crippen molar-refractivity contribution >= 4 is 17.3 Å². The first-order valence-electron chi connectivity index (χ1n) is 5.29. The van der Waals surface area contributed by atoms with Crippen LogP contribution in [0, 0.1) is 5.92 Å². The van der Waals surface area contributed by atoms with Crippen molar-refractivity contribution in [1.82, 2.24) is 9.88 Å². The van der Waals surface area contributed by atoms with E-state index in [1.807, 2.05) is 5.51 Å². The molecule has 0 amide bonds. The van der Waals surface area contributed by atoms with E-state index in [1.165, 1.54) is 12.8 Å². The highest BCUT2D eigenvalue weighted by atomic mass is 32.1. The Labute approximate surface area is 92.8 Å². The van der Waals surface area contributed by atoms with Gasteiger partial charge >= 0.3 is 0 Å². The molecule has 0 saturated heterocycles. The van der Waals surface area contributed by atoms with E-state index in [2.05, 4.69) is 20.3 Å². The smallest absolute Gasteiger partial charge is 0.191 e. The van der Waals surface area contributed by atoms with Gasteiger partial charge in [-0.25, -0.2) is 4.98 Å². The Morgan fingerprint density at radius 2 is 2.40 bits per heavy atom. The quantitative estimate of drug-likeness (QED) is 0.836. The molecule has 1 aliphatic carbocycles. The van der Waals surface area contributed by atoms with Crippen LogP contribution >= 0.6 is 11.3 Å². The standard InChI is InChI=1S/C10H14N4S/c11-10-12-3-9(8-5-15-6-13-8)14(10)4-7-1-2-7/h5-7,9H,1-4H2,(H2,11,12). The first-order chi connectivity index (χ1) is 7.34. The highest BCUT2D eigenvalue weighted by molar-refractivity contribution is 7.07. The van der Waals surface area contributed by atoms with Crippen molar-refractivity contribution in [1.29, 1.82) is 0 Å². The molecule has 5 heteroatoms. The van der Waals surface area contributed by atoms with Gasteiger partial charge in [0, 0.05) is 11.9 Å². The second-order valence-corrected chi connectivity index (χ2v) is 4.94. The molecule has 0 bridgehead atoms. The minimum absolute atomic E-state index is 0.289. The van der Waals surface area contributed by atoms with Crippen molar-refractivity contribution < 1.29 is 0 Å². The van der Waals surface area contributed by atoms with E-state index in [-0.39, 0.29) is 6.04 Å². The van der Waals surface area contributed by atoms with Crippen molar-refractivity contribution in [3.63, 3.8) is 0 Å². The summed E-state index contributed by atoms with van der Waals surface area (Å²) in [6.07, 6.45) is 2.68. The summed E-state index contributed by atoms with van der Waals surface area (Å²) < 4.78 is 0. The molecule has 1 aliphatic heterocycles. The molecule has 1 atom stereocenters. The Kier molecular flexibility index (Phi) is 2.12. The second kappa shape index (κ2) is 3.48. The van der Waals surface area contributed by atoms with Gasteiger partial charge in [-0.3, -0.25) is 4.99 Å². The normalized spacial score (nSPS) is 25.7. The van der Waals surface area contributed by atoms with Crippen LogP contribution in [0.2, 0.25) is 0 Å². The predicted molar refractivity (Wildman–Crippen MR) is 60.8 cm³/mol. The summed E-state index contributed by atoms with van der Waals surface area (Å²) in [5, 5.41) is 2.10. The number of nitrogens with two attached hydrogens (primary N) is 1. The summed E-state index contributed by atoms with van der Waals surface area (Å²) in [5.41, 5.74) is 8.89. The Morgan fingerprint density at radius 3 is 3.07 bits per heavy atom. The van der Waals surface area contributed by atoms with Gasteiger partial charge in [-0.2, -0.15) is 0 Å². The van der Waals surface area contributed by atoms with E-state index in [9.17, 15) is 0 Å². The van der Waals surface area contributed by atoms with Crippen LogP contribution < -0.4 is 5.73 Å². The molecule has 0 spiro atoms. The van der Waals surface area contributed by atoms with Crippen molar-refractivity contribution in [2.24, 2.45) is 16.6 Å². The number of thiazole rings is 1. The van der Waals surface area contributed by atoms with Crippen molar-refractivity contribution in [2.45, 2.75) is 18.9 Å². The molecule has 1 fully saturated rings. The second-order valence-electron chi connectivity index (χ2n) is 4.22. The van der Waals surface area contributed by atoms with Gasteiger partial charge in [-0.05, 0) is 18.8 Å². The molecule has 1 unspecified atom stereocenters. The molecule has 0 radical (unpaired) electrons. The molecule has 0 aromatic carbocycles. The topological polar surface area (TPSA) is 54.5 Å². The lowest BCUT2D eigenvalue weighted by Crippen LogP contribution is -2.37. The maximum absolute atomic E-state index is 5.90. The maximum atomic E-state index is 5.90. The first-order valence-corrected chi connectivity index (χ1v) is 6.23. The van der Waals surface area contributed by atoms with Crippen molar-refractivity contribution in [3.05, 3.63) is 16.6 Å². The number of aromatic nitrogens is 1. The van der Waals surface area contributed by atoms with Gasteiger partial charge in [0.05, 0.1) is 23.8 Å². The molecule has 2 N–H and O–H groups in total. The Bertz CT molecular complexity index is 369. The molecule has 1 aromatic rings. The molecular weight excluding hydrogens is 208 g/mol. The van der Waals surface area contributed by atoms with E-state index in [0.29, 0.717) is 5.96 Å². The monoisotopic (exact) mass is 222 g/mol. The number of nitrogens with zero attached hydrogens (tertiary/aromatic N) is 3. The van der Waals surface area contributed by atoms with Gasteiger partial charge in [-0.1, -0.05) is 0 Å². The fraction of sp³-hybridized carbons (Fsp3) is 0.600. The van der Waals surface area contributed by atoms with Crippen LogP contribution in [0.25, 0.3) is 0 Å². The zero-order valence-electron chi connectivity index (χ0n) is 8.47. The molecule has 1 saturated carbocycles. The lowest BCUT2D eigenvalue weighted by atomic mass is 10.2. The molecule has 2 heterocycles. The third-order valence-corrected chi connectivity index (χ3v) is 3.65. The van der Waals surface area contributed by atoms with Crippen LogP contribution in [0.1, 0.15) is 24.6 Å². The van der Waals surface area contributed by atoms with Crippen LogP contribution in [0.3, 0.4) is 0 Å². The highest BCUT2D eigenvalue weighted by Gasteiger charge is 2.33. The SMILES string of the molecule is NC1=NCC(c2cscn2)N1CC1CC1. The summed E-state index contributed by atoms with van der Waals surface area (Å²) in [5.74, 6) is 1.53. The Hall–Kier alpha value is -1.10. The number of rotatable bonds is 3. The molecule has 15 heavy (non-hydrogen) atoms. The average molecular weight is 222 g/mol. The molecule has 80 valence electrons. The minimum atomic E-state index is 0.289. The third-order valence-electron chi connectivity index (χ3n) is 3.04. The summed E-state index contributed by atoms with van der Waals surface area (Å²) in [4.78, 5) is 10.9. The molecular formula is C10H14N4S. The van der Waals surface area contributed by atoms with Crippen LogP contribution in [-0.2, 0) is 0 Å². The van der Waals surface area contributed by atoms with Crippen LogP contribution in [0.15, 0.2) is 15.9 Å². The van der Waals surface area contributed by atoms with E-state index in [4.69, 9.17) is 5.73 Å². The predicted octanol–water partition coefficient (Wildman–Crippen LogP) is 1.22. The van der Waals surface area contributed by atoms with Crippen LogP contribution in [0.4, 0.5) is 0 Å². The Morgan fingerprint density at radius 1 is 1.53 bits per heavy atom. The summed E-state index contributed by atoms with van der Waals surface area (Å²) >= 11 is 1.63. The van der Waals surface area contributed by atoms with Gasteiger partial charge in [0.15, 0.2) is 5.96 Å². The molecule has 2 aliphatic rings. The lowest BCUT2D eigenvalue weighted by Gasteiger charge is -2.24. The number of hydrogen-bond donors (Lipinski definition) is 1. The number of aliphatic imine (C=N–C) groups is 1. The summed E-state index contributed by atoms with van der Waals surface area (Å²) in [6, 6.07) is 0.289. The van der Waals surface area contributed by atoms with E-state index < -0.39 is 0 Å². The Balaban J connectivity index is 1.78. The lowest BCUT2D eigenvalue weighted by molar-refractivity contribution is 0.329. The fourth-order valence-corrected chi connectivity index (χ4v) is 2.57. The van der Waals surface area contributed by atoms with Crippen LogP contribution in [0.5, 0.6) is 0 Å². The summed E-state index contributed by atoms with van der Waals surface area (Å²) in [6.45, 7) is 1.82. The maximum Gasteiger partial charge on any atom is 0.191 e. The van der Waals surface area contributed by atoms with E-state index in [1.54, 1.807) is 11.3 Å². The highest BCUT2D eigenvalue weighted by Crippen LogP contribution is 2.34. The van der Waals surface area contributed by atoms with Crippen LogP contribution in [-0.4, -0.2) is 28.9 Å². The van der Waals surface area contributed by atoms with Gasteiger partial charge < -0.3 is 10.6 Å². The summed E-state index contributed by atoms with van der Waals surface area (Å²) in [7, 11) is 0. The van der Waals surface area contributed by atoms with Gasteiger partial charge in [-0.15, -0.1) is 11.3 Å². The molecule has 3 rings (SSSR count). The zero-order valence-corrected chi connectivity index (χ0v) is 9.28. The van der Waals surface area contributed by atoms with Crippen molar-refractivity contribution in [3.8, 4) is 0 Å². The fourth-order valence-electron chi connectivity index (χ4n) is 1.97. The molecule has 4 nitrogen and oxygen atoms in total. The largest absolute Gasteiger partial charge is 0.370 e. The number of hydrogen-bond acceptors (Lipinski definition) is 5. The molecule has 1 aromatic heterocycles. The van der Waals surface area contributed by atoms with E-state index in [0.717, 1.165) is 24.7 Å². The van der Waals surface area contributed by atoms with Gasteiger partial charge in [0.1, 0.15) is 0 Å². The third kappa shape index (κ3) is 1.71. The number of guanidine groups is 1. The van der Waals surface area contributed by atoms with Gasteiger partial charge in [0.2, 0.25) is 0 Å². The minimum Gasteiger partial charge on any atom is -0.370 e. The van der Waals surface area contributed by atoms with Crippen molar-refractivity contribution in [2.75, 3.05) is 13.1 Å². The average Bonchev–Trinajstić information content (AvgIpc) is 2.75. The first kappa shape index (κ1) is 9.15. The zero-order chi connectivity index (χ0) is 10.3. The van der Waals surface area contributed by atoms with E-state index >= 15 is 0 Å².